The predicted octanol–water partition coefficient (Wildman–Crippen LogP) is 4.39. The first-order valence-corrected chi connectivity index (χ1v) is 13.7. The molecule has 4 rings (SSSR count). The van der Waals surface area contributed by atoms with E-state index in [0.717, 1.165) is 49.0 Å². The third kappa shape index (κ3) is 6.51. The molecular formula is C30H41N3O4. The maximum absolute atomic E-state index is 13.3. The number of primary amides is 1. The summed E-state index contributed by atoms with van der Waals surface area (Å²) >= 11 is 0. The number of para-hydroxylation sites is 2. The average Bonchev–Trinajstić information content (AvgIpc) is 3.34. The molecule has 2 amide bonds. The lowest BCUT2D eigenvalue weighted by Crippen LogP contribution is -2.49. The molecule has 1 heterocycles. The highest BCUT2D eigenvalue weighted by atomic mass is 16.5. The average molecular weight is 508 g/mol. The van der Waals surface area contributed by atoms with E-state index in [1.165, 1.54) is 0 Å². The number of unbranched alkanes of at least 4 members (excludes halogenated alkanes) is 1. The van der Waals surface area contributed by atoms with E-state index in [-0.39, 0.29) is 36.1 Å². The number of piperidine rings is 1. The topological polar surface area (TPSA) is 119 Å². The number of benzene rings is 2. The van der Waals surface area contributed by atoms with Gasteiger partial charge in [-0.05, 0) is 76.0 Å². The SMILES string of the molecule is Cc1ccccc1Oc1ccccc1[C@](O)(CCCCC(N)=O)[C@@H]1CCCN(C(=O)[C@@H]2CC[C@H](N)C2)C1. The Hall–Kier alpha value is -2.90. The monoisotopic (exact) mass is 507 g/mol. The van der Waals surface area contributed by atoms with Crippen LogP contribution in [0, 0.1) is 18.8 Å². The number of nitrogens with zero attached hydrogens (tertiary/aromatic N) is 1. The highest BCUT2D eigenvalue weighted by Gasteiger charge is 2.44. The second-order valence-electron chi connectivity index (χ2n) is 10.9. The van der Waals surface area contributed by atoms with Gasteiger partial charge in [-0.3, -0.25) is 9.59 Å². The van der Waals surface area contributed by atoms with Crippen molar-refractivity contribution in [2.75, 3.05) is 13.1 Å². The molecule has 2 aromatic carbocycles. The molecule has 1 aliphatic carbocycles. The zero-order valence-electron chi connectivity index (χ0n) is 21.9. The van der Waals surface area contributed by atoms with Crippen molar-refractivity contribution in [2.24, 2.45) is 23.3 Å². The third-order valence-electron chi connectivity index (χ3n) is 8.13. The largest absolute Gasteiger partial charge is 0.457 e. The molecule has 7 nitrogen and oxygen atoms in total. The molecule has 1 saturated carbocycles. The number of ether oxygens (including phenoxy) is 1. The van der Waals surface area contributed by atoms with Crippen molar-refractivity contribution >= 4 is 11.8 Å². The number of likely N-dealkylation sites (tertiary alicyclic amines) is 1. The molecule has 0 bridgehead atoms. The summed E-state index contributed by atoms with van der Waals surface area (Å²) in [7, 11) is 0. The van der Waals surface area contributed by atoms with E-state index in [2.05, 4.69) is 0 Å². The first kappa shape index (κ1) is 27.1. The normalized spacial score (nSPS) is 23.4. The maximum Gasteiger partial charge on any atom is 0.225 e. The number of aryl methyl sites for hydroxylation is 1. The van der Waals surface area contributed by atoms with Crippen molar-refractivity contribution in [2.45, 2.75) is 76.4 Å². The minimum Gasteiger partial charge on any atom is -0.457 e. The van der Waals surface area contributed by atoms with Crippen molar-refractivity contribution in [1.82, 2.24) is 4.90 Å². The molecule has 4 atom stereocenters. The first-order valence-electron chi connectivity index (χ1n) is 13.7. The Morgan fingerprint density at radius 2 is 1.78 bits per heavy atom. The van der Waals surface area contributed by atoms with Crippen LogP contribution in [0.25, 0.3) is 0 Å². The quantitative estimate of drug-likeness (QED) is 0.412. The highest BCUT2D eigenvalue weighted by Crippen LogP contribution is 2.45. The highest BCUT2D eigenvalue weighted by molar-refractivity contribution is 5.79. The number of carbonyl (C=O) groups excluding carboxylic acids is 2. The molecule has 2 aliphatic rings. The fourth-order valence-electron chi connectivity index (χ4n) is 6.02. The molecule has 0 radical (unpaired) electrons. The standard InChI is InChI=1S/C30H41N3O4/c1-21-9-2-4-12-26(21)37-27-13-5-3-11-25(27)30(36,17-7-6-14-28(32)34)23-10-8-18-33(20-23)29(35)22-15-16-24(31)19-22/h2-5,9,11-13,22-24,36H,6-8,10,14-20,31H2,1H3,(H2,32,34)/t22-,23-,24+,30+/m1/s1. The zero-order valence-corrected chi connectivity index (χ0v) is 21.9. The smallest absolute Gasteiger partial charge is 0.225 e. The van der Waals surface area contributed by atoms with E-state index < -0.39 is 5.60 Å². The number of carbonyl (C=O) groups is 2. The first-order chi connectivity index (χ1) is 17.8. The Bertz CT molecular complexity index is 1090. The van der Waals surface area contributed by atoms with Crippen LogP contribution in [0.2, 0.25) is 0 Å². The number of nitrogens with two attached hydrogens (primary N) is 2. The van der Waals surface area contributed by atoms with Gasteiger partial charge in [-0.25, -0.2) is 0 Å². The lowest BCUT2D eigenvalue weighted by molar-refractivity contribution is -0.141. The van der Waals surface area contributed by atoms with Crippen molar-refractivity contribution in [3.05, 3.63) is 59.7 Å². The third-order valence-corrected chi connectivity index (χ3v) is 8.13. The predicted molar refractivity (Wildman–Crippen MR) is 144 cm³/mol. The molecule has 7 heteroatoms. The van der Waals surface area contributed by atoms with E-state index in [9.17, 15) is 14.7 Å². The summed E-state index contributed by atoms with van der Waals surface area (Å²) in [6.07, 6.45) is 6.09. The fraction of sp³-hybridized carbons (Fsp3) is 0.533. The van der Waals surface area contributed by atoms with Gasteiger partial charge in [0.15, 0.2) is 0 Å². The van der Waals surface area contributed by atoms with Crippen LogP contribution in [-0.2, 0) is 15.2 Å². The summed E-state index contributed by atoms with van der Waals surface area (Å²) < 4.78 is 6.36. The summed E-state index contributed by atoms with van der Waals surface area (Å²) in [5.41, 5.74) is 12.0. The fourth-order valence-corrected chi connectivity index (χ4v) is 6.02. The van der Waals surface area contributed by atoms with Crippen molar-refractivity contribution in [3.8, 4) is 11.5 Å². The van der Waals surface area contributed by atoms with Crippen molar-refractivity contribution in [1.29, 1.82) is 0 Å². The minimum atomic E-state index is -1.22. The van der Waals surface area contributed by atoms with E-state index in [1.807, 2.05) is 60.4 Å². The van der Waals surface area contributed by atoms with Crippen LogP contribution in [-0.4, -0.2) is 41.0 Å². The number of rotatable bonds is 10. The number of aliphatic hydroxyl groups is 1. The minimum absolute atomic E-state index is 0.0194. The van der Waals surface area contributed by atoms with E-state index in [1.54, 1.807) is 0 Å². The number of amides is 2. The van der Waals surface area contributed by atoms with Crippen LogP contribution in [0.4, 0.5) is 0 Å². The summed E-state index contributed by atoms with van der Waals surface area (Å²) in [6, 6.07) is 15.6. The molecule has 5 N–H and O–H groups in total. The summed E-state index contributed by atoms with van der Waals surface area (Å²) in [6.45, 7) is 3.20. The van der Waals surface area contributed by atoms with Gasteiger partial charge in [0.2, 0.25) is 11.8 Å². The van der Waals surface area contributed by atoms with Gasteiger partial charge < -0.3 is 26.2 Å². The van der Waals surface area contributed by atoms with Gasteiger partial charge in [0.25, 0.3) is 0 Å². The van der Waals surface area contributed by atoms with Crippen LogP contribution >= 0.6 is 0 Å². The van der Waals surface area contributed by atoms with Gasteiger partial charge in [0.05, 0.1) is 5.60 Å². The van der Waals surface area contributed by atoms with Crippen LogP contribution in [0.5, 0.6) is 11.5 Å². The van der Waals surface area contributed by atoms with Gasteiger partial charge in [-0.1, -0.05) is 36.4 Å². The molecule has 1 aliphatic heterocycles. The Kier molecular flexibility index (Phi) is 8.87. The van der Waals surface area contributed by atoms with Gasteiger partial charge in [-0.2, -0.15) is 0 Å². The lowest BCUT2D eigenvalue weighted by atomic mass is 9.73. The van der Waals surface area contributed by atoms with E-state index >= 15 is 0 Å². The second-order valence-corrected chi connectivity index (χ2v) is 10.9. The Morgan fingerprint density at radius 3 is 2.49 bits per heavy atom. The van der Waals surface area contributed by atoms with E-state index in [4.69, 9.17) is 16.2 Å². The van der Waals surface area contributed by atoms with Crippen molar-refractivity contribution in [3.63, 3.8) is 0 Å². The molecule has 1 saturated heterocycles. The van der Waals surface area contributed by atoms with Gasteiger partial charge in [0, 0.05) is 43.0 Å². The molecule has 2 aromatic rings. The Morgan fingerprint density at radius 1 is 1.05 bits per heavy atom. The van der Waals surface area contributed by atoms with Crippen LogP contribution in [0.15, 0.2) is 48.5 Å². The van der Waals surface area contributed by atoms with Crippen molar-refractivity contribution < 1.29 is 19.4 Å². The van der Waals surface area contributed by atoms with Gasteiger partial charge in [0.1, 0.15) is 11.5 Å². The molecule has 2 fully saturated rings. The summed E-state index contributed by atoms with van der Waals surface area (Å²) in [5.74, 6) is 1.00. The summed E-state index contributed by atoms with van der Waals surface area (Å²) in [4.78, 5) is 26.6. The lowest BCUT2D eigenvalue weighted by Gasteiger charge is -2.44. The number of hydrogen-bond acceptors (Lipinski definition) is 5. The summed E-state index contributed by atoms with van der Waals surface area (Å²) in [5, 5.41) is 12.5. The van der Waals surface area contributed by atoms with Crippen LogP contribution < -0.4 is 16.2 Å². The second kappa shape index (κ2) is 12.1. The molecule has 0 spiro atoms. The Balaban J connectivity index is 1.61. The van der Waals surface area contributed by atoms with Crippen LogP contribution in [0.3, 0.4) is 0 Å². The number of hydrogen-bond donors (Lipinski definition) is 3. The molecule has 200 valence electrons. The Labute approximate surface area is 220 Å². The zero-order chi connectivity index (χ0) is 26.4. The van der Waals surface area contributed by atoms with Gasteiger partial charge >= 0.3 is 0 Å². The van der Waals surface area contributed by atoms with E-state index in [0.29, 0.717) is 38.1 Å². The van der Waals surface area contributed by atoms with Crippen LogP contribution in [0.1, 0.15) is 68.9 Å². The molecule has 37 heavy (non-hydrogen) atoms. The molecular weight excluding hydrogens is 466 g/mol. The molecule has 0 aromatic heterocycles. The maximum atomic E-state index is 13.3. The van der Waals surface area contributed by atoms with Gasteiger partial charge in [-0.15, -0.1) is 0 Å². The molecule has 0 unspecified atom stereocenters.